The molecule has 0 saturated heterocycles. The number of aromatic amines is 1. The van der Waals surface area contributed by atoms with Gasteiger partial charge in [-0.15, -0.1) is 0 Å². The van der Waals surface area contributed by atoms with Crippen LogP contribution < -0.4 is 24.8 Å². The smallest absolute Gasteiger partial charge is 0.241 e. The maximum atomic E-state index is 12.9. The maximum absolute atomic E-state index is 12.9. The molecule has 2 atom stereocenters. The number of nitrogens with one attached hydrogen (secondary N) is 3. The minimum Gasteiger partial charge on any atom is -0.497 e. The quantitative estimate of drug-likeness (QED) is 0.347. The van der Waals surface area contributed by atoms with Crippen molar-refractivity contribution in [2.24, 2.45) is 0 Å². The lowest BCUT2D eigenvalue weighted by Gasteiger charge is -2.22. The molecule has 7 nitrogen and oxygen atoms in total. The summed E-state index contributed by atoms with van der Waals surface area (Å²) in [6, 6.07) is 21.4. The number of ether oxygens (including phenoxy) is 3. The Morgan fingerprint density at radius 1 is 1.03 bits per heavy atom. The average Bonchev–Trinajstić information content (AvgIpc) is 3.33. The standard InChI is InChI=1S/C28H29N3O4/c1-18(28(32)31-20-9-12-26-27(15-20)35-14-13-34-26)29-16-23(19-7-10-21(33-2)11-8-19)24-17-30-25-6-4-3-5-22(24)25/h3-12,15,17-18,23,29-30H,13-14,16H2,1-2H3,(H,31,32)/t18-,23-/m0/s1. The van der Waals surface area contributed by atoms with E-state index >= 15 is 0 Å². The van der Waals surface area contributed by atoms with Gasteiger partial charge in [-0.1, -0.05) is 30.3 Å². The summed E-state index contributed by atoms with van der Waals surface area (Å²) in [6.07, 6.45) is 2.06. The number of methoxy groups -OCH3 is 1. The SMILES string of the molecule is COc1ccc([C@H](CN[C@@H](C)C(=O)Nc2ccc3c(c2)OCCO3)c2c[nH]c3ccccc23)cc1. The molecule has 0 fully saturated rings. The van der Waals surface area contributed by atoms with Gasteiger partial charge < -0.3 is 29.8 Å². The van der Waals surface area contributed by atoms with Gasteiger partial charge in [0.2, 0.25) is 5.91 Å². The second kappa shape index (κ2) is 10.1. The average molecular weight is 472 g/mol. The van der Waals surface area contributed by atoms with E-state index in [2.05, 4.69) is 46.1 Å². The zero-order chi connectivity index (χ0) is 24.2. The molecule has 35 heavy (non-hydrogen) atoms. The fourth-order valence-electron chi connectivity index (χ4n) is 4.38. The fraction of sp³-hybridized carbons (Fsp3) is 0.250. The van der Waals surface area contributed by atoms with Crippen molar-refractivity contribution >= 4 is 22.5 Å². The number of fused-ring (bicyclic) bond motifs is 2. The van der Waals surface area contributed by atoms with Crippen LogP contribution in [0.25, 0.3) is 10.9 Å². The Morgan fingerprint density at radius 2 is 1.80 bits per heavy atom. The molecule has 5 rings (SSSR count). The van der Waals surface area contributed by atoms with E-state index in [0.717, 1.165) is 16.8 Å². The second-order valence-corrected chi connectivity index (χ2v) is 8.59. The monoisotopic (exact) mass is 471 g/mol. The van der Waals surface area contributed by atoms with Crippen LogP contribution in [0.4, 0.5) is 5.69 Å². The number of H-pyrrole nitrogens is 1. The third-order valence-corrected chi connectivity index (χ3v) is 6.35. The molecule has 1 aliphatic rings. The number of rotatable bonds is 8. The van der Waals surface area contributed by atoms with Crippen LogP contribution in [0.1, 0.15) is 24.0 Å². The zero-order valence-corrected chi connectivity index (χ0v) is 19.8. The summed E-state index contributed by atoms with van der Waals surface area (Å²) in [6.45, 7) is 3.49. The van der Waals surface area contributed by atoms with Crippen molar-refractivity contribution in [3.8, 4) is 17.2 Å². The van der Waals surface area contributed by atoms with Gasteiger partial charge in [-0.3, -0.25) is 4.79 Å². The lowest BCUT2D eigenvalue weighted by molar-refractivity contribution is -0.117. The van der Waals surface area contributed by atoms with Crippen LogP contribution in [-0.2, 0) is 4.79 Å². The zero-order valence-electron chi connectivity index (χ0n) is 19.8. The summed E-state index contributed by atoms with van der Waals surface area (Å²) in [5.41, 5.74) is 4.09. The molecule has 1 aliphatic heterocycles. The molecule has 7 heteroatoms. The van der Waals surface area contributed by atoms with Gasteiger partial charge in [0.05, 0.1) is 13.2 Å². The van der Waals surface area contributed by atoms with Crippen LogP contribution >= 0.6 is 0 Å². The predicted octanol–water partition coefficient (Wildman–Crippen LogP) is 4.70. The number of amides is 1. The number of carbonyl (C=O) groups is 1. The maximum Gasteiger partial charge on any atom is 0.241 e. The van der Waals surface area contributed by atoms with Gasteiger partial charge in [0.15, 0.2) is 11.5 Å². The van der Waals surface area contributed by atoms with Crippen LogP contribution in [0.3, 0.4) is 0 Å². The van der Waals surface area contributed by atoms with E-state index < -0.39 is 6.04 Å². The summed E-state index contributed by atoms with van der Waals surface area (Å²) in [7, 11) is 1.66. The lowest BCUT2D eigenvalue weighted by atomic mass is 9.90. The minimum absolute atomic E-state index is 0.0431. The molecule has 1 aromatic heterocycles. The highest BCUT2D eigenvalue weighted by Crippen LogP contribution is 2.33. The first-order valence-electron chi connectivity index (χ1n) is 11.8. The van der Waals surface area contributed by atoms with Gasteiger partial charge in [-0.2, -0.15) is 0 Å². The first-order chi connectivity index (χ1) is 17.1. The Bertz CT molecular complexity index is 1320. The van der Waals surface area contributed by atoms with Gasteiger partial charge in [0, 0.05) is 41.3 Å². The number of carbonyl (C=O) groups excluding carboxylic acids is 1. The van der Waals surface area contributed by atoms with E-state index in [0.29, 0.717) is 36.9 Å². The summed E-state index contributed by atoms with van der Waals surface area (Å²) >= 11 is 0. The van der Waals surface area contributed by atoms with Gasteiger partial charge in [-0.25, -0.2) is 0 Å². The highest BCUT2D eigenvalue weighted by Gasteiger charge is 2.21. The van der Waals surface area contributed by atoms with Crippen molar-refractivity contribution in [3.05, 3.63) is 84.1 Å². The van der Waals surface area contributed by atoms with Crippen molar-refractivity contribution in [2.45, 2.75) is 18.9 Å². The number of benzene rings is 3. The third-order valence-electron chi connectivity index (χ3n) is 6.35. The Labute approximate surface area is 204 Å². The summed E-state index contributed by atoms with van der Waals surface area (Å²) < 4.78 is 16.5. The van der Waals surface area contributed by atoms with Crippen molar-refractivity contribution < 1.29 is 19.0 Å². The Balaban J connectivity index is 1.32. The van der Waals surface area contributed by atoms with Gasteiger partial charge in [0.1, 0.15) is 19.0 Å². The van der Waals surface area contributed by atoms with E-state index in [1.54, 1.807) is 13.2 Å². The Hall–Kier alpha value is -3.97. The topological polar surface area (TPSA) is 84.6 Å². The number of hydrogen-bond acceptors (Lipinski definition) is 5. The molecule has 1 amide bonds. The lowest BCUT2D eigenvalue weighted by Crippen LogP contribution is -2.40. The van der Waals surface area contributed by atoms with Crippen molar-refractivity contribution in [1.29, 1.82) is 0 Å². The number of anilines is 1. The van der Waals surface area contributed by atoms with E-state index in [4.69, 9.17) is 14.2 Å². The fourth-order valence-corrected chi connectivity index (χ4v) is 4.38. The molecule has 0 bridgehead atoms. The van der Waals surface area contributed by atoms with Crippen LogP contribution in [0.2, 0.25) is 0 Å². The molecule has 3 N–H and O–H groups in total. The molecule has 0 unspecified atom stereocenters. The molecular weight excluding hydrogens is 442 g/mol. The van der Waals surface area contributed by atoms with Crippen molar-refractivity contribution in [3.63, 3.8) is 0 Å². The van der Waals surface area contributed by atoms with E-state index in [9.17, 15) is 4.79 Å². The first kappa shape index (κ1) is 22.8. The van der Waals surface area contributed by atoms with Crippen LogP contribution in [0.15, 0.2) is 72.9 Å². The minimum atomic E-state index is -0.408. The molecule has 0 spiro atoms. The number of hydrogen-bond donors (Lipinski definition) is 3. The number of aromatic nitrogens is 1. The third kappa shape index (κ3) is 4.95. The molecule has 3 aromatic carbocycles. The van der Waals surface area contributed by atoms with Gasteiger partial charge in [0.25, 0.3) is 0 Å². The molecule has 180 valence electrons. The largest absolute Gasteiger partial charge is 0.497 e. The molecule has 0 saturated carbocycles. The van der Waals surface area contributed by atoms with Crippen LogP contribution in [0, 0.1) is 0 Å². The molecular formula is C28H29N3O4. The number of para-hydroxylation sites is 1. The Kier molecular flexibility index (Phi) is 6.59. The molecule has 2 heterocycles. The first-order valence-corrected chi connectivity index (χ1v) is 11.8. The van der Waals surface area contributed by atoms with E-state index in [-0.39, 0.29) is 11.8 Å². The van der Waals surface area contributed by atoms with Gasteiger partial charge >= 0.3 is 0 Å². The van der Waals surface area contributed by atoms with Crippen LogP contribution in [0.5, 0.6) is 17.2 Å². The highest BCUT2D eigenvalue weighted by atomic mass is 16.6. The van der Waals surface area contributed by atoms with Gasteiger partial charge in [-0.05, 0) is 48.4 Å². The molecule has 0 radical (unpaired) electrons. The summed E-state index contributed by atoms with van der Waals surface area (Å²) in [5, 5.41) is 7.58. The molecule has 4 aromatic rings. The van der Waals surface area contributed by atoms with Crippen molar-refractivity contribution in [1.82, 2.24) is 10.3 Å². The second-order valence-electron chi connectivity index (χ2n) is 8.59. The van der Waals surface area contributed by atoms with Crippen molar-refractivity contribution in [2.75, 3.05) is 32.2 Å². The van der Waals surface area contributed by atoms with E-state index in [1.807, 2.05) is 43.3 Å². The van der Waals surface area contributed by atoms with E-state index in [1.165, 1.54) is 10.9 Å². The predicted molar refractivity (Wildman–Crippen MR) is 137 cm³/mol. The summed E-state index contributed by atoms with van der Waals surface area (Å²) in [5.74, 6) is 2.08. The molecule has 0 aliphatic carbocycles. The normalized spacial score (nSPS) is 14.3. The van der Waals surface area contributed by atoms with Crippen LogP contribution in [-0.4, -0.2) is 43.8 Å². The highest BCUT2D eigenvalue weighted by molar-refractivity contribution is 5.95. The Morgan fingerprint density at radius 3 is 2.60 bits per heavy atom. The summed E-state index contributed by atoms with van der Waals surface area (Å²) in [4.78, 5) is 16.3.